The lowest BCUT2D eigenvalue weighted by molar-refractivity contribution is -0.0438. The first-order valence-electron chi connectivity index (χ1n) is 13.9. The monoisotopic (exact) mass is 714 g/mol. The molecule has 7 heterocycles. The molecule has 8 rings (SSSR count). The van der Waals surface area contributed by atoms with Crippen LogP contribution in [0.15, 0.2) is 36.2 Å². The number of ether oxygens (including phenoxy) is 1. The molecule has 0 aromatic carbocycles. The minimum atomic E-state index is -4.22. The third-order valence-electron chi connectivity index (χ3n) is 8.55. The Kier molecular flexibility index (Phi) is 7.35. The van der Waals surface area contributed by atoms with Gasteiger partial charge in [-0.3, -0.25) is 18.4 Å². The molecule has 23 heteroatoms. The van der Waals surface area contributed by atoms with Crippen molar-refractivity contribution >= 4 is 72.0 Å². The zero-order valence-corrected chi connectivity index (χ0v) is 26.9. The number of aromatic nitrogens is 9. The predicted octanol–water partition coefficient (Wildman–Crippen LogP) is 2.73. The van der Waals surface area contributed by atoms with Crippen LogP contribution in [-0.2, 0) is 32.0 Å². The number of nitrogens with one attached hydrogen (secondary N) is 1. The largest absolute Gasteiger partial charge is 0.386 e. The van der Waals surface area contributed by atoms with Crippen LogP contribution in [-0.4, -0.2) is 81.6 Å². The standard InChI is InChI=1S/C23H25FN10O8P2S2/c24-14-13-6-40-43(36,45)39-5-11-10(3-12(11)33-8-29-15-18(25)27-7-28-19(15)33)4-38-44(37,46)42-17(14)22(41-13)34-9-30-16-20(34)31-23-26-1-2-32(23)21(16)35/h1-2,7-14,17,22H,3-6H2,(H,26,31)(H,36,45)(H,37,46)(H2,25,27,28)/t10-,11-,12-,13-,14-,17-,22-,43-,44-/m1/s1. The number of hydrogen-bond donors (Lipinski definition) is 4. The van der Waals surface area contributed by atoms with Gasteiger partial charge in [0.25, 0.3) is 5.56 Å². The third-order valence-corrected chi connectivity index (χ3v) is 11.8. The van der Waals surface area contributed by atoms with Crippen LogP contribution in [0.2, 0.25) is 0 Å². The van der Waals surface area contributed by atoms with Crippen LogP contribution in [0.1, 0.15) is 18.7 Å². The average Bonchev–Trinajstić information content (AvgIpc) is 3.79. The highest BCUT2D eigenvalue weighted by molar-refractivity contribution is 8.44. The van der Waals surface area contributed by atoms with Crippen molar-refractivity contribution in [1.29, 1.82) is 0 Å². The second kappa shape index (κ2) is 11.1. The zero-order chi connectivity index (χ0) is 32.0. The first kappa shape index (κ1) is 30.5. The van der Waals surface area contributed by atoms with Crippen LogP contribution in [0, 0.1) is 11.8 Å². The topological polar surface area (TPSA) is 218 Å². The highest BCUT2D eigenvalue weighted by Crippen LogP contribution is 2.60. The number of imidazole rings is 3. The Hall–Kier alpha value is -2.87. The van der Waals surface area contributed by atoms with E-state index in [0.29, 0.717) is 17.6 Å². The third kappa shape index (κ3) is 5.09. The summed E-state index contributed by atoms with van der Waals surface area (Å²) < 4.78 is 75.7. The van der Waals surface area contributed by atoms with Crippen molar-refractivity contribution in [1.82, 2.24) is 43.4 Å². The molecular formula is C23H25FN10O8P2S2. The number of aromatic amines is 1. The first-order valence-corrected chi connectivity index (χ1v) is 19.3. The Bertz CT molecular complexity index is 2140. The Labute approximate surface area is 267 Å². The van der Waals surface area contributed by atoms with Gasteiger partial charge < -0.3 is 29.1 Å². The normalized spacial score (nSPS) is 35.7. The average molecular weight is 715 g/mol. The maximum Gasteiger partial charge on any atom is 0.386 e. The number of rotatable bonds is 2. The maximum absolute atomic E-state index is 16.0. The molecule has 5 aromatic heterocycles. The van der Waals surface area contributed by atoms with Gasteiger partial charge >= 0.3 is 13.6 Å². The fraction of sp³-hybridized carbons (Fsp3) is 0.478. The van der Waals surface area contributed by atoms with Gasteiger partial charge in [0.15, 0.2) is 29.4 Å². The molecule has 0 amide bonds. The van der Waals surface area contributed by atoms with Crippen molar-refractivity contribution < 1.29 is 36.4 Å². The summed E-state index contributed by atoms with van der Waals surface area (Å²) in [5.41, 5.74) is 6.56. The van der Waals surface area contributed by atoms with Crippen molar-refractivity contribution in [2.75, 3.05) is 25.6 Å². The fourth-order valence-corrected chi connectivity index (χ4v) is 8.85. The highest BCUT2D eigenvalue weighted by atomic mass is 32.7. The van der Waals surface area contributed by atoms with Gasteiger partial charge in [0, 0.05) is 24.4 Å². The Balaban J connectivity index is 1.10. The molecule has 3 fully saturated rings. The molecule has 2 aliphatic heterocycles. The van der Waals surface area contributed by atoms with E-state index in [1.165, 1.54) is 34.0 Å². The first-order chi connectivity index (χ1) is 22.0. The van der Waals surface area contributed by atoms with Gasteiger partial charge in [0.05, 0.1) is 32.5 Å². The summed E-state index contributed by atoms with van der Waals surface area (Å²) in [6, 6.07) is -0.244. The summed E-state index contributed by atoms with van der Waals surface area (Å²) in [6.45, 7) is -9.05. The van der Waals surface area contributed by atoms with Crippen LogP contribution in [0.25, 0.3) is 28.1 Å². The zero-order valence-electron chi connectivity index (χ0n) is 23.3. The van der Waals surface area contributed by atoms with Crippen LogP contribution >= 0.6 is 38.1 Å². The number of alkyl halides is 1. The highest BCUT2D eigenvalue weighted by Gasteiger charge is 2.52. The van der Waals surface area contributed by atoms with Crippen LogP contribution in [0.4, 0.5) is 10.2 Å². The molecule has 0 unspecified atom stereocenters. The molecule has 1 saturated carbocycles. The quantitative estimate of drug-likeness (QED) is 0.153. The molecule has 3 aliphatic rings. The summed E-state index contributed by atoms with van der Waals surface area (Å²) in [6.07, 6.45) is 1.26. The number of nitrogens with zero attached hydrogens (tertiary/aromatic N) is 8. The molecular weight excluding hydrogens is 689 g/mol. The second-order valence-corrected chi connectivity index (χ2v) is 16.9. The molecule has 3 N–H and O–H groups in total. The van der Waals surface area contributed by atoms with Crippen molar-refractivity contribution in [3.63, 3.8) is 0 Å². The van der Waals surface area contributed by atoms with E-state index < -0.39 is 50.4 Å². The van der Waals surface area contributed by atoms with Gasteiger partial charge in [-0.05, 0) is 12.3 Å². The van der Waals surface area contributed by atoms with Crippen molar-refractivity contribution in [3.8, 4) is 0 Å². The molecule has 2 saturated heterocycles. The molecule has 1 aliphatic carbocycles. The van der Waals surface area contributed by atoms with Crippen molar-refractivity contribution in [2.24, 2.45) is 11.8 Å². The second-order valence-electron chi connectivity index (χ2n) is 11.1. The molecule has 0 spiro atoms. The number of thiol groups is 2. The van der Waals surface area contributed by atoms with Gasteiger partial charge in [-0.15, -0.1) is 0 Å². The molecule has 2 bridgehead atoms. The molecule has 244 valence electrons. The van der Waals surface area contributed by atoms with Crippen molar-refractivity contribution in [2.45, 2.75) is 37.1 Å². The molecule has 46 heavy (non-hydrogen) atoms. The SMILES string of the molecule is Nc1ncnc2c1ncn2[C@@H]1C[C@@H]2CO[P@@](=O)(S)O[C@@H]3[C@H](F)[C@@H](CO[P@](=O)(S)OC[C@H]21)O[C@H]3n1cnc2c(=O)n3ccnc3[nH]c21. The summed E-state index contributed by atoms with van der Waals surface area (Å²) >= 11 is 8.27. The van der Waals surface area contributed by atoms with E-state index in [0.717, 1.165) is 0 Å². The Morgan fingerprint density at radius 3 is 2.59 bits per heavy atom. The van der Waals surface area contributed by atoms with E-state index in [1.807, 2.05) is 4.57 Å². The number of nitrogen functional groups attached to an aromatic ring is 1. The minimum absolute atomic E-state index is 0.0119. The lowest BCUT2D eigenvalue weighted by atomic mass is 9.70. The molecule has 0 radical (unpaired) electrons. The fourth-order valence-electron chi connectivity index (χ4n) is 6.19. The van der Waals surface area contributed by atoms with E-state index in [2.05, 4.69) is 54.4 Å². The minimum Gasteiger partial charge on any atom is -0.382 e. The van der Waals surface area contributed by atoms with Gasteiger partial charge in [-0.25, -0.2) is 42.8 Å². The van der Waals surface area contributed by atoms with Gasteiger partial charge in [-0.1, -0.05) is 24.5 Å². The number of hydrogen-bond acceptors (Lipinski definition) is 14. The van der Waals surface area contributed by atoms with E-state index >= 15 is 4.39 Å². The van der Waals surface area contributed by atoms with Gasteiger partial charge in [0.1, 0.15) is 29.7 Å². The number of halogens is 1. The smallest absolute Gasteiger partial charge is 0.382 e. The summed E-state index contributed by atoms with van der Waals surface area (Å²) in [5, 5.41) is 0. The summed E-state index contributed by atoms with van der Waals surface area (Å²) in [5.74, 6) is -0.213. The van der Waals surface area contributed by atoms with E-state index in [9.17, 15) is 13.9 Å². The number of fused-ring (bicyclic) bond motifs is 6. The molecule has 5 aromatic rings. The molecule has 18 nitrogen and oxygen atoms in total. The van der Waals surface area contributed by atoms with Crippen LogP contribution < -0.4 is 11.3 Å². The summed E-state index contributed by atoms with van der Waals surface area (Å²) in [7, 11) is 0. The summed E-state index contributed by atoms with van der Waals surface area (Å²) in [4.78, 5) is 36.8. The van der Waals surface area contributed by atoms with Gasteiger partial charge in [-0.2, -0.15) is 0 Å². The number of anilines is 1. The number of nitrogens with two attached hydrogens (primary N) is 1. The molecule has 9 atom stereocenters. The maximum atomic E-state index is 16.0. The Morgan fingerprint density at radius 2 is 1.74 bits per heavy atom. The van der Waals surface area contributed by atoms with Crippen molar-refractivity contribution in [3.05, 3.63) is 41.7 Å². The lowest BCUT2D eigenvalue weighted by Crippen LogP contribution is -2.43. The number of H-pyrrole nitrogens is 1. The predicted molar refractivity (Wildman–Crippen MR) is 164 cm³/mol. The van der Waals surface area contributed by atoms with E-state index in [1.54, 1.807) is 6.33 Å². The van der Waals surface area contributed by atoms with E-state index in [-0.39, 0.29) is 53.9 Å². The van der Waals surface area contributed by atoms with Crippen LogP contribution in [0.5, 0.6) is 0 Å². The lowest BCUT2D eigenvalue weighted by Gasteiger charge is -2.45. The van der Waals surface area contributed by atoms with E-state index in [4.69, 9.17) is 28.6 Å². The van der Waals surface area contributed by atoms with Crippen LogP contribution in [0.3, 0.4) is 0 Å². The Morgan fingerprint density at radius 1 is 0.978 bits per heavy atom. The van der Waals surface area contributed by atoms with Gasteiger partial charge in [0.2, 0.25) is 5.78 Å².